The van der Waals surface area contributed by atoms with Crippen LogP contribution in [0.15, 0.2) is 78.4 Å². The van der Waals surface area contributed by atoms with Crippen LogP contribution in [0.1, 0.15) is 34.3 Å². The number of rotatable bonds is 7. The van der Waals surface area contributed by atoms with Crippen molar-refractivity contribution >= 4 is 46.2 Å². The fraction of sp³-hybridized carbons (Fsp3) is 0.148. The van der Waals surface area contributed by atoms with Gasteiger partial charge in [-0.1, -0.05) is 54.6 Å². The quantitative estimate of drug-likeness (QED) is 0.255. The van der Waals surface area contributed by atoms with E-state index in [2.05, 4.69) is 34.9 Å². The molecule has 0 aliphatic heterocycles. The smallest absolute Gasteiger partial charge is 0.407 e. The van der Waals surface area contributed by atoms with E-state index in [1.165, 1.54) is 12.1 Å². The number of carbonyl (C=O) groups excluding carboxylic acids is 2. The van der Waals surface area contributed by atoms with Crippen LogP contribution in [0.5, 0.6) is 0 Å². The first-order valence-electron chi connectivity index (χ1n) is 10.9. The molecule has 8 heteroatoms. The summed E-state index contributed by atoms with van der Waals surface area (Å²) in [4.78, 5) is 35.9. The predicted molar refractivity (Wildman–Crippen MR) is 142 cm³/mol. The SMILES string of the molecule is C/C(=C\CNC(=O)OCC1c2ccccc2-c2ccccc21)C(=O)Nc1cc(I)cc(C(=O)O)c1. The Morgan fingerprint density at radius 2 is 1.63 bits per heavy atom. The molecule has 0 radical (unpaired) electrons. The van der Waals surface area contributed by atoms with Gasteiger partial charge in [-0.25, -0.2) is 9.59 Å². The molecule has 0 atom stereocenters. The van der Waals surface area contributed by atoms with E-state index >= 15 is 0 Å². The van der Waals surface area contributed by atoms with E-state index in [-0.39, 0.29) is 24.6 Å². The maximum absolute atomic E-state index is 12.4. The van der Waals surface area contributed by atoms with Gasteiger partial charge in [0, 0.05) is 27.3 Å². The van der Waals surface area contributed by atoms with Crippen LogP contribution in [0, 0.1) is 3.57 Å². The summed E-state index contributed by atoms with van der Waals surface area (Å²) in [6.07, 6.45) is 1.00. The molecule has 3 aromatic rings. The highest BCUT2D eigenvalue weighted by Gasteiger charge is 2.28. The van der Waals surface area contributed by atoms with Gasteiger partial charge in [0.05, 0.1) is 5.56 Å². The van der Waals surface area contributed by atoms with Crippen LogP contribution >= 0.6 is 22.6 Å². The highest BCUT2D eigenvalue weighted by Crippen LogP contribution is 2.44. The summed E-state index contributed by atoms with van der Waals surface area (Å²) in [7, 11) is 0. The Hall–Kier alpha value is -3.66. The molecule has 2 amide bonds. The molecular formula is C27H23IN2O5. The number of carbonyl (C=O) groups is 3. The lowest BCUT2D eigenvalue weighted by atomic mass is 9.98. The zero-order valence-electron chi connectivity index (χ0n) is 18.9. The van der Waals surface area contributed by atoms with Crippen LogP contribution in [0.3, 0.4) is 0 Å². The largest absolute Gasteiger partial charge is 0.478 e. The zero-order chi connectivity index (χ0) is 24.9. The lowest BCUT2D eigenvalue weighted by molar-refractivity contribution is -0.112. The maximum Gasteiger partial charge on any atom is 0.407 e. The van der Waals surface area contributed by atoms with E-state index in [1.807, 2.05) is 46.9 Å². The standard InChI is InChI=1S/C27H23IN2O5/c1-16(25(31)30-19-13-17(26(32)33)12-18(28)14-19)10-11-29-27(34)35-15-24-22-8-4-2-6-20(22)21-7-3-5-9-23(21)24/h2-10,12-14,24H,11,15H2,1H3,(H,29,34)(H,30,31)(H,32,33)/b16-10+. The minimum atomic E-state index is -1.07. The van der Waals surface area contributed by atoms with Gasteiger partial charge in [-0.15, -0.1) is 0 Å². The van der Waals surface area contributed by atoms with Crippen LogP contribution in [0.25, 0.3) is 11.1 Å². The first kappa shape index (κ1) is 24.5. The number of hydrogen-bond donors (Lipinski definition) is 3. The predicted octanol–water partition coefficient (Wildman–Crippen LogP) is 5.41. The number of alkyl carbamates (subject to hydrolysis) is 1. The highest BCUT2D eigenvalue weighted by atomic mass is 127. The van der Waals surface area contributed by atoms with Crippen molar-refractivity contribution < 1.29 is 24.2 Å². The molecule has 3 N–H and O–H groups in total. The molecule has 178 valence electrons. The van der Waals surface area contributed by atoms with Crippen molar-refractivity contribution in [3.63, 3.8) is 0 Å². The van der Waals surface area contributed by atoms with Gasteiger partial charge in [-0.3, -0.25) is 4.79 Å². The first-order chi connectivity index (χ1) is 16.8. The van der Waals surface area contributed by atoms with Gasteiger partial charge in [0.1, 0.15) is 6.61 Å². The van der Waals surface area contributed by atoms with Crippen molar-refractivity contribution in [2.45, 2.75) is 12.8 Å². The molecule has 4 rings (SSSR count). The second kappa shape index (κ2) is 10.7. The summed E-state index contributed by atoms with van der Waals surface area (Å²) in [5.41, 5.74) is 5.43. The van der Waals surface area contributed by atoms with E-state index in [1.54, 1.807) is 19.1 Å². The van der Waals surface area contributed by atoms with Crippen LogP contribution in [0.4, 0.5) is 10.5 Å². The van der Waals surface area contributed by atoms with Crippen LogP contribution < -0.4 is 10.6 Å². The summed E-state index contributed by atoms with van der Waals surface area (Å²) in [6.45, 7) is 1.94. The molecule has 1 aliphatic rings. The second-order valence-corrected chi connectivity index (χ2v) is 9.33. The van der Waals surface area contributed by atoms with Crippen LogP contribution in [-0.4, -0.2) is 36.2 Å². The Labute approximate surface area is 216 Å². The average molecular weight is 582 g/mol. The molecule has 35 heavy (non-hydrogen) atoms. The van der Waals surface area contributed by atoms with Crippen molar-refractivity contribution in [2.24, 2.45) is 0 Å². The summed E-state index contributed by atoms with van der Waals surface area (Å²) < 4.78 is 6.18. The molecule has 3 aromatic carbocycles. The Kier molecular flexibility index (Phi) is 7.50. The number of halogens is 1. The molecule has 7 nitrogen and oxygen atoms in total. The summed E-state index contributed by atoms with van der Waals surface area (Å²) in [5, 5.41) is 14.5. The highest BCUT2D eigenvalue weighted by molar-refractivity contribution is 14.1. The fourth-order valence-corrected chi connectivity index (χ4v) is 4.72. The van der Waals surface area contributed by atoms with Crippen molar-refractivity contribution in [2.75, 3.05) is 18.5 Å². The number of hydrogen-bond acceptors (Lipinski definition) is 4. The van der Waals surface area contributed by atoms with Gasteiger partial charge >= 0.3 is 12.1 Å². The van der Waals surface area contributed by atoms with Gasteiger partial charge < -0.3 is 20.5 Å². The van der Waals surface area contributed by atoms with Crippen molar-refractivity contribution in [1.82, 2.24) is 5.32 Å². The molecule has 0 aromatic heterocycles. The van der Waals surface area contributed by atoms with Crippen LogP contribution in [0.2, 0.25) is 0 Å². The topological polar surface area (TPSA) is 105 Å². The second-order valence-electron chi connectivity index (χ2n) is 8.08. The van der Waals surface area contributed by atoms with E-state index in [0.717, 1.165) is 22.3 Å². The molecule has 1 aliphatic carbocycles. The third kappa shape index (κ3) is 5.71. The van der Waals surface area contributed by atoms with Gasteiger partial charge in [0.25, 0.3) is 5.91 Å². The molecule has 0 heterocycles. The number of amides is 2. The fourth-order valence-electron chi connectivity index (χ4n) is 4.04. The van der Waals surface area contributed by atoms with E-state index in [4.69, 9.17) is 4.74 Å². The Bertz CT molecular complexity index is 1290. The number of carboxylic acid groups (broad SMARTS) is 1. The molecule has 0 spiro atoms. The molecule has 0 fully saturated rings. The van der Waals surface area contributed by atoms with Gasteiger partial charge in [-0.2, -0.15) is 0 Å². The number of carboxylic acids is 1. The number of aromatic carboxylic acids is 1. The number of anilines is 1. The third-order valence-electron chi connectivity index (χ3n) is 5.76. The molecular weight excluding hydrogens is 559 g/mol. The number of ether oxygens (including phenoxy) is 1. The summed E-state index contributed by atoms with van der Waals surface area (Å²) in [6, 6.07) is 20.8. The van der Waals surface area contributed by atoms with Crippen molar-refractivity contribution in [3.8, 4) is 11.1 Å². The molecule has 0 unspecified atom stereocenters. The van der Waals surface area contributed by atoms with E-state index in [9.17, 15) is 19.5 Å². The van der Waals surface area contributed by atoms with Gasteiger partial charge in [-0.05, 0) is 70.0 Å². The summed E-state index contributed by atoms with van der Waals surface area (Å²) >= 11 is 1.99. The number of nitrogens with one attached hydrogen (secondary N) is 2. The van der Waals surface area contributed by atoms with Gasteiger partial charge in [0.2, 0.25) is 0 Å². The van der Waals surface area contributed by atoms with Crippen molar-refractivity contribution in [1.29, 1.82) is 0 Å². The Morgan fingerprint density at radius 3 is 2.26 bits per heavy atom. The molecule has 0 saturated heterocycles. The Morgan fingerprint density at radius 1 is 1.00 bits per heavy atom. The lowest BCUT2D eigenvalue weighted by Gasteiger charge is -2.14. The first-order valence-corrected chi connectivity index (χ1v) is 12.0. The summed E-state index contributed by atoms with van der Waals surface area (Å²) in [5.74, 6) is -1.49. The minimum Gasteiger partial charge on any atom is -0.478 e. The van der Waals surface area contributed by atoms with E-state index in [0.29, 0.717) is 14.8 Å². The van der Waals surface area contributed by atoms with E-state index < -0.39 is 18.0 Å². The normalized spacial score (nSPS) is 12.5. The monoisotopic (exact) mass is 582 g/mol. The van der Waals surface area contributed by atoms with Gasteiger partial charge in [0.15, 0.2) is 0 Å². The minimum absolute atomic E-state index is 0.0273. The van der Waals surface area contributed by atoms with Crippen molar-refractivity contribution in [3.05, 3.63) is 98.6 Å². The molecule has 0 bridgehead atoms. The molecule has 0 saturated carbocycles. The average Bonchev–Trinajstić information content (AvgIpc) is 3.16. The number of fused-ring (bicyclic) bond motifs is 3. The zero-order valence-corrected chi connectivity index (χ0v) is 21.0. The van der Waals surface area contributed by atoms with Crippen LogP contribution in [-0.2, 0) is 9.53 Å². The Balaban J connectivity index is 1.30. The third-order valence-corrected chi connectivity index (χ3v) is 6.38. The lowest BCUT2D eigenvalue weighted by Crippen LogP contribution is -2.26. The maximum atomic E-state index is 12.4. The number of benzene rings is 3.